The molecule has 0 unspecified atom stereocenters. The van der Waals surface area contributed by atoms with Gasteiger partial charge in [0.05, 0.1) is 0 Å². The highest BCUT2D eigenvalue weighted by Gasteiger charge is 1.34. The zero-order valence-electron chi connectivity index (χ0n) is 5.74. The van der Waals surface area contributed by atoms with Crippen molar-refractivity contribution < 1.29 is 10.2 Å². The first-order valence-electron chi connectivity index (χ1n) is 2.49. The first-order chi connectivity index (χ1) is 4.24. The maximum absolute atomic E-state index is 8.33. The van der Waals surface area contributed by atoms with Crippen LogP contribution >= 0.6 is 0 Å². The van der Waals surface area contributed by atoms with Crippen LogP contribution in [-0.4, -0.2) is 23.4 Å². The normalized spacial score (nSPS) is 5.33. The summed E-state index contributed by atoms with van der Waals surface area (Å²) in [4.78, 5) is 8.33. The number of hydrogen-bond donors (Lipinski definition) is 3. The van der Waals surface area contributed by atoms with Crippen molar-refractivity contribution >= 4 is 0 Å². The molecule has 0 rings (SSSR count). The van der Waals surface area contributed by atoms with Crippen molar-refractivity contribution in [2.75, 3.05) is 13.2 Å². The summed E-state index contributed by atoms with van der Waals surface area (Å²) in [6.07, 6.45) is 0. The van der Waals surface area contributed by atoms with Gasteiger partial charge in [-0.25, -0.2) is 0 Å². The van der Waals surface area contributed by atoms with Crippen molar-refractivity contribution in [2.24, 2.45) is 11.1 Å². The van der Waals surface area contributed by atoms with Crippen LogP contribution in [0.2, 0.25) is 0 Å². The fraction of sp³-hybridized carbons (Fsp3) is 1.00. The molecular weight excluding hydrogens is 124 g/mol. The Morgan fingerprint density at radius 2 is 1.33 bits per heavy atom. The SMILES string of the molecule is CCO.CCO.NN=O. The van der Waals surface area contributed by atoms with Crippen LogP contribution in [0.5, 0.6) is 0 Å². The summed E-state index contributed by atoms with van der Waals surface area (Å²) in [5.41, 5.74) is 0. The van der Waals surface area contributed by atoms with E-state index < -0.39 is 0 Å². The monoisotopic (exact) mass is 138 g/mol. The van der Waals surface area contributed by atoms with Crippen LogP contribution in [0.25, 0.3) is 0 Å². The third kappa shape index (κ3) is 448. The van der Waals surface area contributed by atoms with Crippen LogP contribution in [-0.2, 0) is 0 Å². The van der Waals surface area contributed by atoms with Crippen LogP contribution < -0.4 is 5.84 Å². The summed E-state index contributed by atoms with van der Waals surface area (Å²) in [6.45, 7) is 3.86. The zero-order valence-corrected chi connectivity index (χ0v) is 5.74. The molecule has 9 heavy (non-hydrogen) atoms. The molecule has 0 fully saturated rings. The van der Waals surface area contributed by atoms with Crippen LogP contribution in [0.3, 0.4) is 0 Å². The van der Waals surface area contributed by atoms with E-state index in [2.05, 4.69) is 5.84 Å². The minimum absolute atomic E-state index is 0.250. The Morgan fingerprint density at radius 1 is 1.33 bits per heavy atom. The number of nitrogens with two attached hydrogens (primary N) is 1. The molecule has 0 saturated heterocycles. The van der Waals surface area contributed by atoms with Gasteiger partial charge >= 0.3 is 0 Å². The zero-order chi connectivity index (χ0) is 8.12. The first kappa shape index (κ1) is 15.8. The van der Waals surface area contributed by atoms with E-state index in [4.69, 9.17) is 15.1 Å². The highest BCUT2D eigenvalue weighted by molar-refractivity contribution is 3.93. The Bertz CT molecular complexity index is 33.0. The minimum atomic E-state index is 0.250. The fourth-order valence-corrected chi connectivity index (χ4v) is 0. The number of nitrogens with zero attached hydrogens (tertiary/aromatic N) is 1. The Labute approximate surface area is 54.4 Å². The molecule has 5 heteroatoms. The third-order valence-electron chi connectivity index (χ3n) is 0. The molecule has 0 spiro atoms. The molecule has 4 N–H and O–H groups in total. The molecule has 0 radical (unpaired) electrons. The largest absolute Gasteiger partial charge is 0.397 e. The molecule has 0 atom stereocenters. The molecule has 0 aromatic rings. The van der Waals surface area contributed by atoms with E-state index in [-0.39, 0.29) is 13.2 Å². The molecule has 0 saturated carbocycles. The molecule has 5 nitrogen and oxygen atoms in total. The minimum Gasteiger partial charge on any atom is -0.397 e. The van der Waals surface area contributed by atoms with Crippen molar-refractivity contribution in [3.8, 4) is 0 Å². The Hall–Kier alpha value is -0.680. The third-order valence-corrected chi connectivity index (χ3v) is 0. The summed E-state index contributed by atoms with van der Waals surface area (Å²) in [5, 5.41) is 16.9. The molecule has 0 bridgehead atoms. The van der Waals surface area contributed by atoms with E-state index in [0.717, 1.165) is 0 Å². The Balaban J connectivity index is -0.0000000600. The Kier molecular flexibility index (Phi) is 95.1. The van der Waals surface area contributed by atoms with Gasteiger partial charge in [-0.1, -0.05) is 0 Å². The van der Waals surface area contributed by atoms with Gasteiger partial charge in [0.25, 0.3) is 0 Å². The van der Waals surface area contributed by atoms with E-state index in [1.165, 1.54) is 0 Å². The molecule has 0 amide bonds. The van der Waals surface area contributed by atoms with Crippen LogP contribution in [0, 0.1) is 4.91 Å². The predicted molar refractivity (Wildman–Crippen MR) is 35.5 cm³/mol. The van der Waals surface area contributed by atoms with Gasteiger partial charge in [-0.2, -0.15) is 0 Å². The van der Waals surface area contributed by atoms with Crippen LogP contribution in [0.1, 0.15) is 13.8 Å². The summed E-state index contributed by atoms with van der Waals surface area (Å²) in [5.74, 6) is 3.92. The number of aliphatic hydroxyl groups is 2. The second kappa shape index (κ2) is 54.3. The van der Waals surface area contributed by atoms with E-state index in [9.17, 15) is 0 Å². The van der Waals surface area contributed by atoms with Crippen molar-refractivity contribution in [1.29, 1.82) is 0 Å². The lowest BCUT2D eigenvalue weighted by atomic mass is 10.9. The van der Waals surface area contributed by atoms with Crippen molar-refractivity contribution in [3.05, 3.63) is 4.91 Å². The van der Waals surface area contributed by atoms with Crippen molar-refractivity contribution in [3.63, 3.8) is 0 Å². The van der Waals surface area contributed by atoms with E-state index in [1.54, 1.807) is 19.1 Å². The molecule has 0 aliphatic carbocycles. The highest BCUT2D eigenvalue weighted by atomic mass is 16.3. The first-order valence-corrected chi connectivity index (χ1v) is 2.49. The summed E-state index contributed by atoms with van der Waals surface area (Å²) in [6, 6.07) is 0. The number of nitroso groups, excluding NO2 is 1. The van der Waals surface area contributed by atoms with E-state index in [1.807, 2.05) is 0 Å². The molecule has 0 aliphatic heterocycles. The van der Waals surface area contributed by atoms with Crippen molar-refractivity contribution in [1.82, 2.24) is 0 Å². The molecular formula is C4H14N2O3. The maximum atomic E-state index is 8.33. The average Bonchev–Trinajstić information content (AvgIpc) is 1.70. The molecule has 0 aliphatic rings. The average molecular weight is 138 g/mol. The van der Waals surface area contributed by atoms with Gasteiger partial charge in [0, 0.05) is 18.5 Å². The molecule has 0 aromatic heterocycles. The second-order valence-corrected chi connectivity index (χ2v) is 0.738. The van der Waals surface area contributed by atoms with Gasteiger partial charge < -0.3 is 10.2 Å². The van der Waals surface area contributed by atoms with Crippen LogP contribution in [0.15, 0.2) is 5.29 Å². The van der Waals surface area contributed by atoms with Gasteiger partial charge in [0.2, 0.25) is 0 Å². The lowest BCUT2D eigenvalue weighted by molar-refractivity contribution is 0.318. The number of aliphatic hydroxyl groups excluding tert-OH is 2. The van der Waals surface area contributed by atoms with Gasteiger partial charge in [0.15, 0.2) is 0 Å². The lowest BCUT2D eigenvalue weighted by Gasteiger charge is -1.52. The van der Waals surface area contributed by atoms with Crippen molar-refractivity contribution in [2.45, 2.75) is 13.8 Å². The topological polar surface area (TPSA) is 95.9 Å². The van der Waals surface area contributed by atoms with Gasteiger partial charge in [-0.15, -0.1) is 4.91 Å². The number of hydrogen-bond acceptors (Lipinski definition) is 4. The van der Waals surface area contributed by atoms with Gasteiger partial charge in [-0.05, 0) is 13.8 Å². The van der Waals surface area contributed by atoms with Crippen LogP contribution in [0.4, 0.5) is 0 Å². The summed E-state index contributed by atoms with van der Waals surface area (Å²) < 4.78 is 0. The Morgan fingerprint density at radius 3 is 1.33 bits per heavy atom. The van der Waals surface area contributed by atoms with Gasteiger partial charge in [0.1, 0.15) is 0 Å². The van der Waals surface area contributed by atoms with E-state index in [0.29, 0.717) is 0 Å². The highest BCUT2D eigenvalue weighted by Crippen LogP contribution is 1.30. The number of rotatable bonds is 0. The summed E-state index contributed by atoms with van der Waals surface area (Å²) >= 11 is 0. The van der Waals surface area contributed by atoms with E-state index >= 15 is 0 Å². The maximum Gasteiger partial charge on any atom is 0.0468 e. The summed E-state index contributed by atoms with van der Waals surface area (Å²) in [7, 11) is 0. The fourth-order valence-electron chi connectivity index (χ4n) is 0. The van der Waals surface area contributed by atoms with Gasteiger partial charge in [-0.3, -0.25) is 5.84 Å². The predicted octanol–water partition coefficient (Wildman–Crippen LogP) is -0.376. The molecule has 0 aromatic carbocycles. The quantitative estimate of drug-likeness (QED) is 0.241. The molecule has 58 valence electrons. The standard InChI is InChI=1S/2C2H6O.H2N2O/c3*1-2-3/h2*3H,2H2,1H3;(H2,1,3). The lowest BCUT2D eigenvalue weighted by Crippen LogP contribution is -1.66. The molecule has 0 heterocycles. The second-order valence-electron chi connectivity index (χ2n) is 0.738. The smallest absolute Gasteiger partial charge is 0.0468 e.